The lowest BCUT2D eigenvalue weighted by atomic mass is 9.85. The number of amides is 1. The van der Waals surface area contributed by atoms with E-state index in [0.29, 0.717) is 34.3 Å². The fourth-order valence-corrected chi connectivity index (χ4v) is 4.66. The van der Waals surface area contributed by atoms with Crippen LogP contribution in [0, 0.1) is 5.92 Å². The van der Waals surface area contributed by atoms with Gasteiger partial charge in [0.05, 0.1) is 16.8 Å². The van der Waals surface area contributed by atoms with E-state index in [1.54, 1.807) is 10.7 Å². The highest BCUT2D eigenvalue weighted by atomic mass is 35.5. The maximum absolute atomic E-state index is 12.8. The zero-order valence-electron chi connectivity index (χ0n) is 15.1. The lowest BCUT2D eigenvalue weighted by Crippen LogP contribution is -2.39. The number of tetrazole rings is 1. The molecule has 0 bridgehead atoms. The van der Waals surface area contributed by atoms with Gasteiger partial charge in [-0.15, -0.1) is 5.10 Å². The molecular formula is C19H23ClN6O. The first-order chi connectivity index (χ1) is 13.2. The van der Waals surface area contributed by atoms with Gasteiger partial charge in [-0.05, 0) is 66.6 Å². The van der Waals surface area contributed by atoms with Crippen molar-refractivity contribution in [3.05, 3.63) is 29.0 Å². The van der Waals surface area contributed by atoms with Gasteiger partial charge in [-0.25, -0.2) is 0 Å². The Kier molecular flexibility index (Phi) is 4.36. The summed E-state index contributed by atoms with van der Waals surface area (Å²) in [6.45, 7) is 0. The van der Waals surface area contributed by atoms with Crippen LogP contribution in [-0.4, -0.2) is 38.2 Å². The minimum Gasteiger partial charge on any atom is -0.325 e. The van der Waals surface area contributed by atoms with Crippen molar-refractivity contribution < 1.29 is 4.79 Å². The number of fused-ring (bicyclic) bond motifs is 1. The summed E-state index contributed by atoms with van der Waals surface area (Å²) in [5.74, 6) is 1.90. The lowest BCUT2D eigenvalue weighted by Gasteiger charge is -2.24. The Bertz CT molecular complexity index is 850. The minimum absolute atomic E-state index is 0.0248. The maximum atomic E-state index is 12.8. The molecule has 7 nitrogen and oxygen atoms in total. The number of rotatable bonds is 4. The van der Waals surface area contributed by atoms with Crippen molar-refractivity contribution in [1.82, 2.24) is 25.5 Å². The van der Waals surface area contributed by atoms with Crippen LogP contribution < -0.4 is 10.6 Å². The van der Waals surface area contributed by atoms with Crippen molar-refractivity contribution in [3.8, 4) is 5.69 Å². The summed E-state index contributed by atoms with van der Waals surface area (Å²) >= 11 is 6.39. The molecule has 2 aliphatic carbocycles. The van der Waals surface area contributed by atoms with Crippen LogP contribution in [0.25, 0.3) is 5.69 Å². The molecule has 3 aliphatic rings. The number of hydrogen-bond donors (Lipinski definition) is 2. The van der Waals surface area contributed by atoms with Crippen LogP contribution in [0.2, 0.25) is 5.02 Å². The van der Waals surface area contributed by atoms with E-state index in [4.69, 9.17) is 11.6 Å². The largest absolute Gasteiger partial charge is 0.325 e. The quantitative estimate of drug-likeness (QED) is 0.843. The van der Waals surface area contributed by atoms with Gasteiger partial charge in [0.2, 0.25) is 5.91 Å². The molecule has 2 heterocycles. The number of hydrogen-bond acceptors (Lipinski definition) is 5. The number of carbonyl (C=O) groups excluding carboxylic acids is 1. The zero-order chi connectivity index (χ0) is 18.4. The van der Waals surface area contributed by atoms with Gasteiger partial charge in [0.15, 0.2) is 5.82 Å². The predicted octanol–water partition coefficient (Wildman–Crippen LogP) is 3.05. The van der Waals surface area contributed by atoms with Crippen molar-refractivity contribution in [2.45, 2.75) is 62.9 Å². The molecule has 2 saturated carbocycles. The van der Waals surface area contributed by atoms with Gasteiger partial charge in [-0.1, -0.05) is 24.4 Å². The Balaban J connectivity index is 1.34. The van der Waals surface area contributed by atoms with Gasteiger partial charge in [-0.3, -0.25) is 4.79 Å². The molecule has 1 aliphatic heterocycles. The molecule has 0 radical (unpaired) electrons. The van der Waals surface area contributed by atoms with Gasteiger partial charge in [-0.2, -0.15) is 4.68 Å². The molecular weight excluding hydrogens is 364 g/mol. The zero-order valence-corrected chi connectivity index (χ0v) is 15.8. The molecule has 3 atom stereocenters. The molecule has 8 heteroatoms. The normalized spacial score (nSPS) is 27.4. The number of carbonyl (C=O) groups is 1. The molecule has 1 saturated heterocycles. The van der Waals surface area contributed by atoms with Crippen LogP contribution >= 0.6 is 11.6 Å². The Morgan fingerprint density at radius 3 is 2.89 bits per heavy atom. The van der Waals surface area contributed by atoms with E-state index >= 15 is 0 Å². The van der Waals surface area contributed by atoms with Crippen molar-refractivity contribution in [2.75, 3.05) is 5.32 Å². The molecule has 5 rings (SSSR count). The van der Waals surface area contributed by atoms with Gasteiger partial charge in [0.1, 0.15) is 0 Å². The molecule has 1 amide bonds. The summed E-state index contributed by atoms with van der Waals surface area (Å²) in [5, 5.41) is 19.2. The number of benzene rings is 1. The maximum Gasteiger partial charge on any atom is 0.241 e. The van der Waals surface area contributed by atoms with E-state index in [1.807, 2.05) is 12.1 Å². The Morgan fingerprint density at radius 2 is 2.07 bits per heavy atom. The van der Waals surface area contributed by atoms with Gasteiger partial charge < -0.3 is 10.6 Å². The summed E-state index contributed by atoms with van der Waals surface area (Å²) in [4.78, 5) is 12.8. The van der Waals surface area contributed by atoms with E-state index in [2.05, 4.69) is 26.2 Å². The summed E-state index contributed by atoms with van der Waals surface area (Å²) in [6.07, 6.45) is 8.09. The molecule has 1 aromatic carbocycles. The monoisotopic (exact) mass is 386 g/mol. The van der Waals surface area contributed by atoms with Crippen molar-refractivity contribution in [3.63, 3.8) is 0 Å². The van der Waals surface area contributed by atoms with Crippen LogP contribution in [0.4, 0.5) is 5.69 Å². The molecule has 3 unspecified atom stereocenters. The highest BCUT2D eigenvalue weighted by Crippen LogP contribution is 2.40. The van der Waals surface area contributed by atoms with E-state index in [1.165, 1.54) is 25.7 Å². The number of nitrogens with zero attached hydrogens (tertiary/aromatic N) is 4. The van der Waals surface area contributed by atoms with Gasteiger partial charge in [0.25, 0.3) is 0 Å². The van der Waals surface area contributed by atoms with Crippen LogP contribution in [0.15, 0.2) is 18.2 Å². The van der Waals surface area contributed by atoms with Crippen LogP contribution in [-0.2, 0) is 4.79 Å². The SMILES string of the molecule is O=C(Nc1ccc(Cl)c(-n2nnnc2C2CC2)c1)C1CC2CCCCC2N1. The Morgan fingerprint density at radius 1 is 1.22 bits per heavy atom. The standard InChI is InChI=1S/C19H23ClN6O/c20-14-8-7-13(10-17(14)26-18(11-5-6-11)23-24-25-26)21-19(27)16-9-12-3-1-2-4-15(12)22-16/h7-8,10-12,15-16,22H,1-6,9H2,(H,21,27). The third kappa shape index (κ3) is 3.34. The Hall–Kier alpha value is -1.99. The number of anilines is 1. The third-order valence-electron chi connectivity index (χ3n) is 6.06. The second kappa shape index (κ2) is 6.87. The van der Waals surface area contributed by atoms with Crippen molar-refractivity contribution in [1.29, 1.82) is 0 Å². The number of nitrogens with one attached hydrogen (secondary N) is 2. The van der Waals surface area contributed by atoms with Gasteiger partial charge in [0, 0.05) is 17.6 Å². The molecule has 27 heavy (non-hydrogen) atoms. The first kappa shape index (κ1) is 17.1. The van der Waals surface area contributed by atoms with Crippen molar-refractivity contribution in [2.24, 2.45) is 5.92 Å². The molecule has 2 N–H and O–H groups in total. The average molecular weight is 387 g/mol. The van der Waals surface area contributed by atoms with E-state index < -0.39 is 0 Å². The van der Waals surface area contributed by atoms with Crippen LogP contribution in [0.5, 0.6) is 0 Å². The summed E-state index contributed by atoms with van der Waals surface area (Å²) in [5.41, 5.74) is 1.42. The highest BCUT2D eigenvalue weighted by molar-refractivity contribution is 6.32. The first-order valence-corrected chi connectivity index (χ1v) is 10.2. The molecule has 142 valence electrons. The lowest BCUT2D eigenvalue weighted by molar-refractivity contribution is -0.117. The smallest absolute Gasteiger partial charge is 0.241 e. The first-order valence-electron chi connectivity index (χ1n) is 9.84. The number of halogens is 1. The van der Waals surface area contributed by atoms with E-state index in [-0.39, 0.29) is 11.9 Å². The van der Waals surface area contributed by atoms with Gasteiger partial charge >= 0.3 is 0 Å². The topological polar surface area (TPSA) is 84.7 Å². The van der Waals surface area contributed by atoms with E-state index in [0.717, 1.165) is 25.1 Å². The van der Waals surface area contributed by atoms with Crippen LogP contribution in [0.1, 0.15) is 56.7 Å². The second-order valence-electron chi connectivity index (χ2n) is 7.98. The fourth-order valence-electron chi connectivity index (χ4n) is 4.46. The summed E-state index contributed by atoms with van der Waals surface area (Å²) < 4.78 is 1.69. The molecule has 2 aromatic rings. The van der Waals surface area contributed by atoms with Crippen molar-refractivity contribution >= 4 is 23.2 Å². The van der Waals surface area contributed by atoms with Crippen LogP contribution in [0.3, 0.4) is 0 Å². The van der Waals surface area contributed by atoms with E-state index in [9.17, 15) is 4.79 Å². The molecule has 0 spiro atoms. The fraction of sp³-hybridized carbons (Fsp3) is 0.579. The third-order valence-corrected chi connectivity index (χ3v) is 6.38. The second-order valence-corrected chi connectivity index (χ2v) is 8.39. The molecule has 3 fully saturated rings. The number of aromatic nitrogens is 4. The summed E-state index contributed by atoms with van der Waals surface area (Å²) in [7, 11) is 0. The average Bonchev–Trinajstić information content (AvgIpc) is 3.24. The predicted molar refractivity (Wildman–Crippen MR) is 102 cm³/mol. The summed E-state index contributed by atoms with van der Waals surface area (Å²) in [6, 6.07) is 5.84. The Labute approximate surface area is 162 Å². The highest BCUT2D eigenvalue weighted by Gasteiger charge is 2.38. The minimum atomic E-state index is -0.118. The molecule has 1 aromatic heterocycles.